The molecule has 1 aromatic carbocycles. The van der Waals surface area contributed by atoms with Crippen molar-refractivity contribution in [2.75, 3.05) is 6.16 Å². The average Bonchev–Trinajstić information content (AvgIpc) is 2.02. The first-order valence-corrected chi connectivity index (χ1v) is 6.56. The fourth-order valence-corrected chi connectivity index (χ4v) is 1.74. The maximum Gasteiger partial charge on any atom is 0.183 e. The highest BCUT2D eigenvalue weighted by Gasteiger charge is 2.06. The Hall–Kier alpha value is -0.210. The zero-order valence-corrected chi connectivity index (χ0v) is 8.26. The molecule has 0 amide bonds. The summed E-state index contributed by atoms with van der Waals surface area (Å²) in [4.78, 5) is 17.9. The molecule has 0 heterocycles. The van der Waals surface area contributed by atoms with Crippen LogP contribution in [0.25, 0.3) is 0 Å². The van der Waals surface area contributed by atoms with E-state index in [0.29, 0.717) is 12.6 Å². The zero-order valence-electron chi connectivity index (χ0n) is 6.55. The quantitative estimate of drug-likeness (QED) is 0.730. The Morgan fingerprint density at radius 2 is 1.75 bits per heavy atom. The van der Waals surface area contributed by atoms with E-state index in [9.17, 15) is 0 Å². The summed E-state index contributed by atoms with van der Waals surface area (Å²) in [5.41, 5.74) is 1.09. The summed E-state index contributed by atoms with van der Waals surface area (Å²) in [6, 6.07) is 9.68. The van der Waals surface area contributed by atoms with Gasteiger partial charge in [0.25, 0.3) is 0 Å². The summed E-state index contributed by atoms with van der Waals surface area (Å²) >= 11 is 4.51. The van der Waals surface area contributed by atoms with Crippen LogP contribution >= 0.6 is 6.49 Å². The van der Waals surface area contributed by atoms with Gasteiger partial charge >= 0.3 is 0 Å². The number of benzene rings is 1. The van der Waals surface area contributed by atoms with Crippen LogP contribution in [0.1, 0.15) is 5.56 Å². The second-order valence-electron chi connectivity index (χ2n) is 2.62. The molecular weight excluding hydrogens is 191 g/mol. The van der Waals surface area contributed by atoms with Crippen molar-refractivity contribution in [1.29, 1.82) is 0 Å². The van der Waals surface area contributed by atoms with Gasteiger partial charge in [-0.05, 0) is 23.8 Å². The Balaban J connectivity index is 2.50. The van der Waals surface area contributed by atoms with Gasteiger partial charge in [-0.3, -0.25) is 0 Å². The highest BCUT2D eigenvalue weighted by molar-refractivity contribution is 8.09. The Morgan fingerprint density at radius 1 is 1.17 bits per heavy atom. The SMILES string of the molecule is OP(O)(=S)CCc1ccccc1. The summed E-state index contributed by atoms with van der Waals surface area (Å²) in [7, 11) is 0. The van der Waals surface area contributed by atoms with Crippen molar-refractivity contribution in [2.45, 2.75) is 6.42 Å². The largest absolute Gasteiger partial charge is 0.345 e. The fraction of sp³-hybridized carbons (Fsp3) is 0.250. The molecule has 0 saturated carbocycles. The first-order valence-electron chi connectivity index (χ1n) is 3.66. The maximum absolute atomic E-state index is 8.96. The maximum atomic E-state index is 8.96. The molecule has 0 aliphatic rings. The van der Waals surface area contributed by atoms with Crippen molar-refractivity contribution >= 4 is 18.3 Å². The van der Waals surface area contributed by atoms with Crippen LogP contribution in [0.3, 0.4) is 0 Å². The van der Waals surface area contributed by atoms with E-state index in [0.717, 1.165) is 5.56 Å². The molecule has 0 saturated heterocycles. The van der Waals surface area contributed by atoms with Gasteiger partial charge < -0.3 is 9.79 Å². The third-order valence-corrected chi connectivity index (χ3v) is 2.89. The first kappa shape index (κ1) is 9.87. The van der Waals surface area contributed by atoms with Gasteiger partial charge in [0, 0.05) is 6.16 Å². The molecule has 0 bridgehead atoms. The monoisotopic (exact) mass is 202 g/mol. The predicted octanol–water partition coefficient (Wildman–Crippen LogP) is 1.52. The molecule has 0 unspecified atom stereocenters. The lowest BCUT2D eigenvalue weighted by atomic mass is 10.2. The summed E-state index contributed by atoms with van der Waals surface area (Å²) in [6.45, 7) is -3.00. The van der Waals surface area contributed by atoms with Crippen molar-refractivity contribution in [3.63, 3.8) is 0 Å². The second kappa shape index (κ2) is 4.15. The summed E-state index contributed by atoms with van der Waals surface area (Å²) in [5, 5.41) is 0. The molecule has 2 N–H and O–H groups in total. The lowest BCUT2D eigenvalue weighted by Crippen LogP contribution is -1.92. The van der Waals surface area contributed by atoms with Crippen LogP contribution in [-0.2, 0) is 18.2 Å². The van der Waals surface area contributed by atoms with Gasteiger partial charge in [-0.25, -0.2) is 0 Å². The van der Waals surface area contributed by atoms with E-state index in [1.54, 1.807) is 0 Å². The summed E-state index contributed by atoms with van der Waals surface area (Å²) < 4.78 is 0. The number of aryl methyl sites for hydroxylation is 1. The normalized spacial score (nSPS) is 11.5. The van der Waals surface area contributed by atoms with Gasteiger partial charge in [-0.2, -0.15) is 0 Å². The van der Waals surface area contributed by atoms with Crippen molar-refractivity contribution in [3.8, 4) is 0 Å². The van der Waals surface area contributed by atoms with Gasteiger partial charge in [-0.1, -0.05) is 30.3 Å². The topological polar surface area (TPSA) is 40.5 Å². The molecule has 0 atom stereocenters. The molecule has 66 valence electrons. The van der Waals surface area contributed by atoms with E-state index in [1.165, 1.54) is 0 Å². The third-order valence-electron chi connectivity index (χ3n) is 1.53. The Kier molecular flexibility index (Phi) is 3.41. The molecule has 0 aliphatic heterocycles. The smallest absolute Gasteiger partial charge is 0.183 e. The fourth-order valence-electron chi connectivity index (χ4n) is 0.919. The zero-order chi connectivity index (χ0) is 9.03. The number of hydrogen-bond acceptors (Lipinski definition) is 1. The minimum atomic E-state index is -3.00. The van der Waals surface area contributed by atoms with E-state index >= 15 is 0 Å². The predicted molar refractivity (Wildman–Crippen MR) is 53.7 cm³/mol. The molecule has 0 aliphatic carbocycles. The van der Waals surface area contributed by atoms with Crippen LogP contribution in [0, 0.1) is 0 Å². The molecule has 1 rings (SSSR count). The molecule has 2 nitrogen and oxygen atoms in total. The van der Waals surface area contributed by atoms with E-state index in [2.05, 4.69) is 11.8 Å². The molecule has 0 spiro atoms. The van der Waals surface area contributed by atoms with Gasteiger partial charge in [-0.15, -0.1) is 0 Å². The molecule has 1 aromatic rings. The Bertz CT molecular complexity index is 280. The summed E-state index contributed by atoms with van der Waals surface area (Å²) in [5.74, 6) is 0. The first-order chi connectivity index (χ1) is 5.58. The average molecular weight is 202 g/mol. The van der Waals surface area contributed by atoms with Gasteiger partial charge in [0.2, 0.25) is 0 Å². The van der Waals surface area contributed by atoms with Crippen molar-refractivity contribution in [2.24, 2.45) is 0 Å². The molecular formula is C8H11O2PS. The van der Waals surface area contributed by atoms with Crippen LogP contribution in [0.5, 0.6) is 0 Å². The van der Waals surface area contributed by atoms with Crippen molar-refractivity contribution in [1.82, 2.24) is 0 Å². The van der Waals surface area contributed by atoms with E-state index in [1.807, 2.05) is 30.3 Å². The van der Waals surface area contributed by atoms with Crippen LogP contribution in [0.2, 0.25) is 0 Å². The van der Waals surface area contributed by atoms with Gasteiger partial charge in [0.05, 0.1) is 0 Å². The van der Waals surface area contributed by atoms with E-state index in [4.69, 9.17) is 9.79 Å². The lowest BCUT2D eigenvalue weighted by molar-refractivity contribution is 0.478. The van der Waals surface area contributed by atoms with Gasteiger partial charge in [0.1, 0.15) is 0 Å². The minimum Gasteiger partial charge on any atom is -0.345 e. The molecule has 0 fully saturated rings. The number of hydrogen-bond donors (Lipinski definition) is 2. The minimum absolute atomic E-state index is 0.298. The Labute approximate surface area is 77.0 Å². The molecule has 4 heteroatoms. The standard InChI is InChI=1S/C8H11O2PS/c9-11(10,12)7-6-8-4-2-1-3-5-8/h1-5H,6-7H2,(H2,9,10,12). The highest BCUT2D eigenvalue weighted by Crippen LogP contribution is 2.35. The molecule has 12 heavy (non-hydrogen) atoms. The van der Waals surface area contributed by atoms with E-state index in [-0.39, 0.29) is 0 Å². The highest BCUT2D eigenvalue weighted by atomic mass is 32.5. The second-order valence-corrected chi connectivity index (χ2v) is 6.15. The molecule has 0 radical (unpaired) electrons. The number of rotatable bonds is 3. The van der Waals surface area contributed by atoms with Crippen molar-refractivity contribution < 1.29 is 9.79 Å². The Morgan fingerprint density at radius 3 is 2.25 bits per heavy atom. The third kappa shape index (κ3) is 3.98. The van der Waals surface area contributed by atoms with Crippen LogP contribution < -0.4 is 0 Å². The van der Waals surface area contributed by atoms with E-state index < -0.39 is 6.49 Å². The van der Waals surface area contributed by atoms with Crippen LogP contribution in [-0.4, -0.2) is 15.9 Å². The lowest BCUT2D eigenvalue weighted by Gasteiger charge is -2.06. The van der Waals surface area contributed by atoms with Crippen LogP contribution in [0.15, 0.2) is 30.3 Å². The van der Waals surface area contributed by atoms with Gasteiger partial charge in [0.15, 0.2) is 6.49 Å². The summed E-state index contributed by atoms with van der Waals surface area (Å²) in [6.07, 6.45) is 0.942. The van der Waals surface area contributed by atoms with Crippen LogP contribution in [0.4, 0.5) is 0 Å². The van der Waals surface area contributed by atoms with Crippen molar-refractivity contribution in [3.05, 3.63) is 35.9 Å². The molecule has 0 aromatic heterocycles.